The van der Waals surface area contributed by atoms with Crippen molar-refractivity contribution in [3.63, 3.8) is 0 Å². The molecule has 38 heavy (non-hydrogen) atoms. The molecule has 1 aromatic heterocycles. The van der Waals surface area contributed by atoms with E-state index in [2.05, 4.69) is 34.5 Å². The van der Waals surface area contributed by atoms with E-state index in [9.17, 15) is 14.4 Å². The fourth-order valence-electron chi connectivity index (χ4n) is 4.94. The fourth-order valence-corrected chi connectivity index (χ4v) is 5.75. The van der Waals surface area contributed by atoms with Crippen LogP contribution in [0.5, 0.6) is 5.75 Å². The van der Waals surface area contributed by atoms with Crippen molar-refractivity contribution >= 4 is 50.6 Å². The molecule has 2 saturated heterocycles. The van der Waals surface area contributed by atoms with Crippen LogP contribution in [0, 0.1) is 0 Å². The maximum Gasteiger partial charge on any atom is 0.442 e. The minimum atomic E-state index is -1.22. The number of hydroxylamine groups is 2. The third kappa shape index (κ3) is 4.92. The van der Waals surface area contributed by atoms with Gasteiger partial charge in [-0.2, -0.15) is 0 Å². The molecular formula is C27H27N3O7S. The van der Waals surface area contributed by atoms with Crippen molar-refractivity contribution in [2.45, 2.75) is 25.4 Å². The number of hydrogen-bond acceptors (Lipinski definition) is 10. The zero-order valence-corrected chi connectivity index (χ0v) is 21.5. The Balaban J connectivity index is 0.984. The number of hydrogen-bond donors (Lipinski definition) is 0. The highest BCUT2D eigenvalue weighted by Crippen LogP contribution is 2.34. The summed E-state index contributed by atoms with van der Waals surface area (Å²) in [6, 6.07) is 13.7. The molecule has 2 fully saturated rings. The molecule has 2 aromatic carbocycles. The molecule has 0 aliphatic carbocycles. The zero-order chi connectivity index (χ0) is 26.1. The number of esters is 1. The summed E-state index contributed by atoms with van der Waals surface area (Å²) >= 11 is 1.74. The highest BCUT2D eigenvalue weighted by Gasteiger charge is 2.43. The van der Waals surface area contributed by atoms with E-state index in [1.165, 1.54) is 10.1 Å². The third-order valence-electron chi connectivity index (χ3n) is 6.90. The first kappa shape index (κ1) is 24.7. The summed E-state index contributed by atoms with van der Waals surface area (Å²) in [5.74, 6) is -2.41. The van der Waals surface area contributed by atoms with E-state index in [0.29, 0.717) is 24.7 Å². The van der Waals surface area contributed by atoms with Crippen molar-refractivity contribution in [2.75, 3.05) is 49.5 Å². The number of thiophene rings is 1. The maximum atomic E-state index is 12.5. The van der Waals surface area contributed by atoms with Crippen LogP contribution in [-0.2, 0) is 35.2 Å². The highest BCUT2D eigenvalue weighted by molar-refractivity contribution is 7.17. The molecule has 0 radical (unpaired) electrons. The van der Waals surface area contributed by atoms with Gasteiger partial charge in [-0.3, -0.25) is 19.6 Å². The van der Waals surface area contributed by atoms with Crippen LogP contribution in [0.15, 0.2) is 47.8 Å². The van der Waals surface area contributed by atoms with Crippen LogP contribution in [0.4, 0.5) is 11.4 Å². The van der Waals surface area contributed by atoms with Gasteiger partial charge in [0, 0.05) is 35.7 Å². The Morgan fingerprint density at radius 2 is 1.89 bits per heavy atom. The smallest absolute Gasteiger partial charge is 0.442 e. The number of rotatable bonds is 7. The first-order chi connectivity index (χ1) is 18.6. The number of anilines is 2. The van der Waals surface area contributed by atoms with Gasteiger partial charge < -0.3 is 14.3 Å². The van der Waals surface area contributed by atoms with Crippen molar-refractivity contribution in [2.24, 2.45) is 0 Å². The normalized spacial score (nSPS) is 20.0. The molecule has 10 nitrogen and oxygen atoms in total. The molecule has 0 N–H and O–H groups in total. The van der Waals surface area contributed by atoms with Gasteiger partial charge in [0.25, 0.3) is 0 Å². The van der Waals surface area contributed by atoms with Crippen LogP contribution in [0.1, 0.15) is 18.4 Å². The Hall–Kier alpha value is -3.67. The van der Waals surface area contributed by atoms with Crippen LogP contribution < -0.4 is 14.9 Å². The molecule has 3 aliphatic rings. The molecule has 6 rings (SSSR count). The fraction of sp³-hybridized carbons (Fsp3) is 0.370. The third-order valence-corrected chi connectivity index (χ3v) is 7.78. The lowest BCUT2D eigenvalue weighted by molar-refractivity contribution is -0.166. The Morgan fingerprint density at radius 1 is 0.974 bits per heavy atom. The summed E-state index contributed by atoms with van der Waals surface area (Å²) < 4.78 is 12.1. The van der Waals surface area contributed by atoms with Crippen LogP contribution in [0.2, 0.25) is 0 Å². The maximum absolute atomic E-state index is 12.5. The molecule has 0 saturated carbocycles. The first-order valence-electron chi connectivity index (χ1n) is 12.7. The molecule has 1 unspecified atom stereocenters. The minimum absolute atomic E-state index is 0.187. The lowest BCUT2D eigenvalue weighted by Crippen LogP contribution is -2.43. The predicted molar refractivity (Wildman–Crippen MR) is 140 cm³/mol. The zero-order valence-electron chi connectivity index (χ0n) is 20.7. The van der Waals surface area contributed by atoms with Gasteiger partial charge in [-0.1, -0.05) is 12.1 Å². The van der Waals surface area contributed by atoms with Gasteiger partial charge in [0.1, 0.15) is 5.75 Å². The van der Waals surface area contributed by atoms with Crippen molar-refractivity contribution < 1.29 is 33.5 Å². The van der Waals surface area contributed by atoms with Crippen molar-refractivity contribution in [3.8, 4) is 5.75 Å². The Labute approximate surface area is 223 Å². The Kier molecular flexibility index (Phi) is 6.88. The summed E-state index contributed by atoms with van der Waals surface area (Å²) in [7, 11) is 0. The average Bonchev–Trinajstić information content (AvgIpc) is 3.26. The molecule has 0 spiro atoms. The number of fused-ring (bicyclic) bond motifs is 5. The van der Waals surface area contributed by atoms with E-state index < -0.39 is 23.9 Å². The topological polar surface area (TPSA) is 97.8 Å². The van der Waals surface area contributed by atoms with E-state index in [1.54, 1.807) is 29.5 Å². The minimum Gasteiger partial charge on any atom is -0.494 e. The summed E-state index contributed by atoms with van der Waals surface area (Å²) in [5, 5.41) is 6.20. The molecule has 11 heteroatoms. The van der Waals surface area contributed by atoms with Crippen molar-refractivity contribution in [1.29, 1.82) is 0 Å². The Morgan fingerprint density at radius 3 is 2.82 bits per heavy atom. The van der Waals surface area contributed by atoms with Gasteiger partial charge >= 0.3 is 17.8 Å². The largest absolute Gasteiger partial charge is 0.494 e. The van der Waals surface area contributed by atoms with Crippen LogP contribution in [-0.4, -0.2) is 68.2 Å². The van der Waals surface area contributed by atoms with Gasteiger partial charge in [0.05, 0.1) is 31.1 Å². The Bertz CT molecular complexity index is 1380. The van der Waals surface area contributed by atoms with Gasteiger partial charge in [-0.15, -0.1) is 16.4 Å². The van der Waals surface area contributed by atoms with E-state index >= 15 is 0 Å². The average molecular weight is 538 g/mol. The summed E-state index contributed by atoms with van der Waals surface area (Å²) in [6.07, 6.45) is 0.948. The number of unbranched alkanes of at least 4 members (excludes halogenated alkanes) is 1. The van der Waals surface area contributed by atoms with Crippen molar-refractivity contribution in [1.82, 2.24) is 4.90 Å². The van der Waals surface area contributed by atoms with E-state index in [-0.39, 0.29) is 6.42 Å². The molecule has 3 aliphatic heterocycles. The van der Waals surface area contributed by atoms with Crippen molar-refractivity contribution in [3.05, 3.63) is 53.4 Å². The molecule has 1 atom stereocenters. The second kappa shape index (κ2) is 10.6. The van der Waals surface area contributed by atoms with E-state index in [1.807, 2.05) is 5.06 Å². The van der Waals surface area contributed by atoms with Gasteiger partial charge in [0.15, 0.2) is 6.10 Å². The molecule has 2 bridgehead atoms. The number of carbonyl (C=O) groups is 3. The number of nitrogens with zero attached hydrogens (tertiary/aromatic N) is 3. The molecular weight excluding hydrogens is 510 g/mol. The quantitative estimate of drug-likeness (QED) is 0.256. The summed E-state index contributed by atoms with van der Waals surface area (Å²) in [5.41, 5.74) is 2.25. The summed E-state index contributed by atoms with van der Waals surface area (Å²) in [4.78, 5) is 49.4. The van der Waals surface area contributed by atoms with E-state index in [0.717, 1.165) is 55.3 Å². The van der Waals surface area contributed by atoms with Crippen LogP contribution >= 0.6 is 11.3 Å². The van der Waals surface area contributed by atoms with Gasteiger partial charge in [-0.25, -0.2) is 9.59 Å². The molecule has 4 heterocycles. The molecule has 1 amide bonds. The molecule has 3 aromatic rings. The SMILES string of the molecule is O=C1OC2Cc3ccc(OCCCCN4CCON(c5cccc6sccc56)CC4)cc3N(OC1=O)C2=O. The predicted octanol–water partition coefficient (Wildman–Crippen LogP) is 3.09. The summed E-state index contributed by atoms with van der Waals surface area (Å²) in [6.45, 7) is 4.69. The second-order valence-corrected chi connectivity index (χ2v) is 10.3. The highest BCUT2D eigenvalue weighted by atomic mass is 32.1. The van der Waals surface area contributed by atoms with Crippen LogP contribution in [0.25, 0.3) is 10.1 Å². The number of amides is 1. The van der Waals surface area contributed by atoms with Crippen LogP contribution in [0.3, 0.4) is 0 Å². The first-order valence-corrected chi connectivity index (χ1v) is 13.6. The van der Waals surface area contributed by atoms with E-state index in [4.69, 9.17) is 19.1 Å². The monoisotopic (exact) mass is 537 g/mol. The standard InChI is InChI=1S/C27H27N3O7S/c31-25-23-16-18-6-7-19(17-22(18)30(25)37-27(33)26(32)36-23)34-13-2-1-9-28-10-11-29(35-14-12-28)21-4-3-5-24-20(21)8-15-38-24/h3-8,15,17,23H,1-2,9-14,16H2. The number of benzene rings is 2. The number of ether oxygens (including phenoxy) is 2. The number of carbonyl (C=O) groups excluding carboxylic acids is 3. The molecule has 198 valence electrons. The lowest BCUT2D eigenvalue weighted by Gasteiger charge is -2.28. The van der Waals surface area contributed by atoms with Gasteiger partial charge in [0.2, 0.25) is 0 Å². The lowest BCUT2D eigenvalue weighted by atomic mass is 10.0. The second-order valence-electron chi connectivity index (χ2n) is 9.34. The van der Waals surface area contributed by atoms with Gasteiger partial charge in [-0.05, 0) is 54.6 Å².